The van der Waals surface area contributed by atoms with Crippen LogP contribution in [0, 0.1) is 23.0 Å². The van der Waals surface area contributed by atoms with E-state index in [9.17, 15) is 13.6 Å². The van der Waals surface area contributed by atoms with Crippen molar-refractivity contribution in [1.29, 1.82) is 5.26 Å². The van der Waals surface area contributed by atoms with Gasteiger partial charge in [-0.25, -0.2) is 8.78 Å². The van der Waals surface area contributed by atoms with Gasteiger partial charge in [0.15, 0.2) is 0 Å². The number of amides is 1. The van der Waals surface area contributed by atoms with Crippen LogP contribution in [0.25, 0.3) is 0 Å². The lowest BCUT2D eigenvalue weighted by molar-refractivity contribution is 0.0742. The highest BCUT2D eigenvalue weighted by Crippen LogP contribution is 2.29. The molecule has 0 aromatic heterocycles. The van der Waals surface area contributed by atoms with Gasteiger partial charge in [-0.3, -0.25) is 4.79 Å². The molecule has 1 amide bonds. The molecule has 19 heavy (non-hydrogen) atoms. The van der Waals surface area contributed by atoms with Crippen molar-refractivity contribution in [1.82, 2.24) is 4.90 Å². The zero-order chi connectivity index (χ0) is 14.0. The number of nitrogens with two attached hydrogens (primary N) is 1. The number of carbonyl (C=O) groups excluding carboxylic acids is 1. The van der Waals surface area contributed by atoms with Crippen molar-refractivity contribution in [3.05, 3.63) is 29.3 Å². The number of nitriles is 1. The van der Waals surface area contributed by atoms with E-state index in [1.165, 1.54) is 4.90 Å². The van der Waals surface area contributed by atoms with Gasteiger partial charge in [-0.2, -0.15) is 5.26 Å². The molecular formula is C13H13F2N3O. The summed E-state index contributed by atoms with van der Waals surface area (Å²) in [7, 11) is 0. The molecule has 100 valence electrons. The Morgan fingerprint density at radius 1 is 1.42 bits per heavy atom. The van der Waals surface area contributed by atoms with E-state index in [0.29, 0.717) is 6.07 Å². The van der Waals surface area contributed by atoms with Gasteiger partial charge in [0, 0.05) is 18.7 Å². The third-order valence-electron chi connectivity index (χ3n) is 3.03. The molecular weight excluding hydrogens is 252 g/mol. The monoisotopic (exact) mass is 265 g/mol. The van der Waals surface area contributed by atoms with Gasteiger partial charge in [0.25, 0.3) is 5.91 Å². The van der Waals surface area contributed by atoms with Crippen LogP contribution in [-0.4, -0.2) is 23.4 Å². The van der Waals surface area contributed by atoms with Crippen LogP contribution >= 0.6 is 0 Å². The summed E-state index contributed by atoms with van der Waals surface area (Å²) in [5, 5.41) is 8.57. The summed E-state index contributed by atoms with van der Waals surface area (Å²) in [6, 6.07) is 3.62. The van der Waals surface area contributed by atoms with Crippen LogP contribution in [0.4, 0.5) is 14.5 Å². The minimum atomic E-state index is -0.931. The van der Waals surface area contributed by atoms with Gasteiger partial charge in [-0.15, -0.1) is 0 Å². The van der Waals surface area contributed by atoms with Crippen LogP contribution in [0.3, 0.4) is 0 Å². The van der Waals surface area contributed by atoms with E-state index in [0.717, 1.165) is 18.9 Å². The highest BCUT2D eigenvalue weighted by atomic mass is 19.1. The lowest BCUT2D eigenvalue weighted by Crippen LogP contribution is -2.34. The summed E-state index contributed by atoms with van der Waals surface area (Å²) < 4.78 is 26.7. The third kappa shape index (κ3) is 2.81. The number of hydrogen-bond acceptors (Lipinski definition) is 3. The van der Waals surface area contributed by atoms with Crippen LogP contribution in [0.2, 0.25) is 0 Å². The smallest absolute Gasteiger partial charge is 0.257 e. The number of benzene rings is 1. The third-order valence-corrected chi connectivity index (χ3v) is 3.03. The molecule has 0 spiro atoms. The first-order chi connectivity index (χ1) is 9.04. The Morgan fingerprint density at radius 2 is 2.11 bits per heavy atom. The SMILES string of the molecule is N#CCCN(C(=O)c1cc(N)c(F)cc1F)C1CC1. The van der Waals surface area contributed by atoms with Gasteiger partial charge < -0.3 is 10.6 Å². The van der Waals surface area contributed by atoms with E-state index in [2.05, 4.69) is 0 Å². The lowest BCUT2D eigenvalue weighted by atomic mass is 10.1. The Bertz CT molecular complexity index is 550. The molecule has 2 rings (SSSR count). The molecule has 4 nitrogen and oxygen atoms in total. The predicted octanol–water partition coefficient (Wildman–Crippen LogP) is 2.07. The molecule has 0 saturated heterocycles. The molecule has 1 aromatic carbocycles. The zero-order valence-corrected chi connectivity index (χ0v) is 10.2. The molecule has 0 bridgehead atoms. The molecule has 0 unspecified atom stereocenters. The van der Waals surface area contributed by atoms with Gasteiger partial charge in [0.05, 0.1) is 23.7 Å². The van der Waals surface area contributed by atoms with Crippen molar-refractivity contribution in [3.63, 3.8) is 0 Å². The van der Waals surface area contributed by atoms with Gasteiger partial charge in [0.1, 0.15) is 11.6 Å². The summed E-state index contributed by atoms with van der Waals surface area (Å²) in [6.45, 7) is 0.247. The number of nitrogens with zero attached hydrogens (tertiary/aromatic N) is 2. The molecule has 2 N–H and O–H groups in total. The Labute approximate surface area is 109 Å². The van der Waals surface area contributed by atoms with Crippen molar-refractivity contribution in [2.45, 2.75) is 25.3 Å². The van der Waals surface area contributed by atoms with Crippen molar-refractivity contribution in [2.24, 2.45) is 0 Å². The van der Waals surface area contributed by atoms with Crippen molar-refractivity contribution < 1.29 is 13.6 Å². The highest BCUT2D eigenvalue weighted by molar-refractivity contribution is 5.95. The maximum atomic E-state index is 13.6. The zero-order valence-electron chi connectivity index (χ0n) is 10.2. The summed E-state index contributed by atoms with van der Waals surface area (Å²) in [5.74, 6) is -2.36. The van der Waals surface area contributed by atoms with Crippen LogP contribution in [0.1, 0.15) is 29.6 Å². The van der Waals surface area contributed by atoms with E-state index in [1.54, 1.807) is 0 Å². The Kier molecular flexibility index (Phi) is 3.65. The summed E-state index contributed by atoms with van der Waals surface area (Å²) >= 11 is 0. The number of halogens is 2. The number of anilines is 1. The van der Waals surface area contributed by atoms with Gasteiger partial charge in [0.2, 0.25) is 0 Å². The molecule has 1 aromatic rings. The van der Waals surface area contributed by atoms with Crippen LogP contribution in [-0.2, 0) is 0 Å². The van der Waals surface area contributed by atoms with Crippen LogP contribution < -0.4 is 5.73 Å². The van der Waals surface area contributed by atoms with Crippen molar-refractivity contribution in [3.8, 4) is 6.07 Å². The standard InChI is InChI=1S/C13H13F2N3O/c14-10-7-11(15)12(17)6-9(10)13(19)18(5-1-4-16)8-2-3-8/h6-8H,1-3,5,17H2. The van der Waals surface area contributed by atoms with Gasteiger partial charge in [-0.1, -0.05) is 0 Å². The average Bonchev–Trinajstić information content (AvgIpc) is 3.18. The number of carbonyl (C=O) groups is 1. The molecule has 0 aliphatic heterocycles. The Hall–Kier alpha value is -2.16. The fourth-order valence-electron chi connectivity index (χ4n) is 1.89. The van der Waals surface area contributed by atoms with Crippen LogP contribution in [0.5, 0.6) is 0 Å². The van der Waals surface area contributed by atoms with Crippen molar-refractivity contribution >= 4 is 11.6 Å². The van der Waals surface area contributed by atoms with Crippen LogP contribution in [0.15, 0.2) is 12.1 Å². The van der Waals surface area contributed by atoms with E-state index in [1.807, 2.05) is 6.07 Å². The first kappa shape index (κ1) is 13.3. The Morgan fingerprint density at radius 3 is 2.68 bits per heavy atom. The second kappa shape index (κ2) is 5.22. The maximum Gasteiger partial charge on any atom is 0.257 e. The minimum Gasteiger partial charge on any atom is -0.396 e. The fraction of sp³-hybridized carbons (Fsp3) is 0.385. The molecule has 1 saturated carbocycles. The van der Waals surface area contributed by atoms with E-state index < -0.39 is 17.5 Å². The molecule has 6 heteroatoms. The second-order valence-corrected chi connectivity index (χ2v) is 4.49. The van der Waals surface area contributed by atoms with E-state index >= 15 is 0 Å². The molecule has 0 heterocycles. The average molecular weight is 265 g/mol. The van der Waals surface area contributed by atoms with E-state index in [4.69, 9.17) is 11.0 Å². The minimum absolute atomic E-state index is 0.0477. The van der Waals surface area contributed by atoms with E-state index in [-0.39, 0.29) is 30.3 Å². The quantitative estimate of drug-likeness (QED) is 0.847. The molecule has 1 aliphatic rings. The highest BCUT2D eigenvalue weighted by Gasteiger charge is 2.33. The normalized spacial score (nSPS) is 13.9. The first-order valence-electron chi connectivity index (χ1n) is 5.97. The Balaban J connectivity index is 2.26. The van der Waals surface area contributed by atoms with Gasteiger partial charge >= 0.3 is 0 Å². The molecule has 0 radical (unpaired) electrons. The number of hydrogen-bond donors (Lipinski definition) is 1. The molecule has 0 atom stereocenters. The maximum absolute atomic E-state index is 13.6. The number of rotatable bonds is 4. The lowest BCUT2D eigenvalue weighted by Gasteiger charge is -2.21. The summed E-state index contributed by atoms with van der Waals surface area (Å²) in [5.41, 5.74) is 4.84. The topological polar surface area (TPSA) is 70.1 Å². The largest absolute Gasteiger partial charge is 0.396 e. The predicted molar refractivity (Wildman–Crippen MR) is 65.1 cm³/mol. The van der Waals surface area contributed by atoms with Gasteiger partial charge in [-0.05, 0) is 18.9 Å². The van der Waals surface area contributed by atoms with Crippen molar-refractivity contribution in [2.75, 3.05) is 12.3 Å². The fourth-order valence-corrected chi connectivity index (χ4v) is 1.89. The summed E-state index contributed by atoms with van der Waals surface area (Å²) in [4.78, 5) is 13.7. The number of nitrogen functional groups attached to an aromatic ring is 1. The second-order valence-electron chi connectivity index (χ2n) is 4.49. The molecule has 1 fully saturated rings. The first-order valence-corrected chi connectivity index (χ1v) is 5.97. The summed E-state index contributed by atoms with van der Waals surface area (Å²) in [6.07, 6.45) is 1.87. The molecule has 1 aliphatic carbocycles.